The van der Waals surface area contributed by atoms with Gasteiger partial charge in [-0.15, -0.1) is 0 Å². The average molecular weight is 497 g/mol. The van der Waals surface area contributed by atoms with Gasteiger partial charge in [0.25, 0.3) is 10.0 Å². The second-order valence-electron chi connectivity index (χ2n) is 7.99. The SMILES string of the molecule is COc1ccc(OC)c([C@@H]2CC(c3ccc(OC)c(OC)c3)=NN2S(=O)(=O)c2ccccc2C)c1. The lowest BCUT2D eigenvalue weighted by molar-refractivity contribution is 0.346. The third-order valence-corrected chi connectivity index (χ3v) is 7.85. The van der Waals surface area contributed by atoms with E-state index < -0.39 is 16.1 Å². The number of nitrogens with zero attached hydrogens (tertiary/aromatic N) is 2. The van der Waals surface area contributed by atoms with Crippen molar-refractivity contribution >= 4 is 15.7 Å². The number of methoxy groups -OCH3 is 4. The first-order chi connectivity index (χ1) is 16.8. The van der Waals surface area contributed by atoms with Crippen LogP contribution in [0, 0.1) is 6.92 Å². The van der Waals surface area contributed by atoms with E-state index in [0.717, 1.165) is 5.56 Å². The molecule has 35 heavy (non-hydrogen) atoms. The van der Waals surface area contributed by atoms with Gasteiger partial charge in [-0.2, -0.15) is 17.9 Å². The molecular formula is C26H28N2O6S. The quantitative estimate of drug-likeness (QED) is 0.454. The van der Waals surface area contributed by atoms with Crippen LogP contribution in [0.25, 0.3) is 0 Å². The van der Waals surface area contributed by atoms with Gasteiger partial charge >= 0.3 is 0 Å². The lowest BCUT2D eigenvalue weighted by atomic mass is 9.98. The van der Waals surface area contributed by atoms with Crippen LogP contribution in [0.15, 0.2) is 70.7 Å². The zero-order valence-corrected chi connectivity index (χ0v) is 21.1. The summed E-state index contributed by atoms with van der Waals surface area (Å²) in [5.41, 5.74) is 2.62. The van der Waals surface area contributed by atoms with Crippen molar-refractivity contribution in [2.75, 3.05) is 28.4 Å². The van der Waals surface area contributed by atoms with Crippen LogP contribution in [0.1, 0.15) is 29.2 Å². The Morgan fingerprint density at radius 3 is 2.17 bits per heavy atom. The van der Waals surface area contributed by atoms with Crippen LogP contribution in [-0.4, -0.2) is 47.0 Å². The molecule has 0 aromatic heterocycles. The number of hydrazone groups is 1. The molecule has 0 N–H and O–H groups in total. The van der Waals surface area contributed by atoms with E-state index in [4.69, 9.17) is 18.9 Å². The van der Waals surface area contributed by atoms with Gasteiger partial charge in [-0.1, -0.05) is 18.2 Å². The van der Waals surface area contributed by atoms with Crippen molar-refractivity contribution < 1.29 is 27.4 Å². The third-order valence-electron chi connectivity index (χ3n) is 6.00. The maximum absolute atomic E-state index is 13.9. The van der Waals surface area contributed by atoms with Crippen molar-refractivity contribution in [2.24, 2.45) is 5.10 Å². The average Bonchev–Trinajstić information content (AvgIpc) is 3.34. The molecule has 9 heteroatoms. The molecule has 8 nitrogen and oxygen atoms in total. The fourth-order valence-corrected chi connectivity index (χ4v) is 5.83. The first kappa shape index (κ1) is 24.4. The molecule has 1 heterocycles. The summed E-state index contributed by atoms with van der Waals surface area (Å²) in [5, 5.41) is 4.64. The molecule has 0 amide bonds. The van der Waals surface area contributed by atoms with Gasteiger partial charge in [0.05, 0.1) is 45.1 Å². The Balaban J connectivity index is 1.88. The van der Waals surface area contributed by atoms with Crippen molar-refractivity contribution in [1.82, 2.24) is 4.41 Å². The first-order valence-corrected chi connectivity index (χ1v) is 12.4. The maximum atomic E-state index is 13.9. The highest BCUT2D eigenvalue weighted by molar-refractivity contribution is 7.89. The van der Waals surface area contributed by atoms with E-state index in [2.05, 4.69) is 5.10 Å². The summed E-state index contributed by atoms with van der Waals surface area (Å²) < 4.78 is 50.8. The second kappa shape index (κ2) is 9.87. The molecule has 0 bridgehead atoms. The highest BCUT2D eigenvalue weighted by atomic mass is 32.2. The van der Waals surface area contributed by atoms with Crippen LogP contribution < -0.4 is 18.9 Å². The Hall–Kier alpha value is -3.72. The van der Waals surface area contributed by atoms with Gasteiger partial charge in [0.2, 0.25) is 0 Å². The second-order valence-corrected chi connectivity index (χ2v) is 9.75. The number of ether oxygens (including phenoxy) is 4. The monoisotopic (exact) mass is 496 g/mol. The number of rotatable bonds is 8. The molecule has 1 atom stereocenters. The largest absolute Gasteiger partial charge is 0.497 e. The molecule has 0 spiro atoms. The van der Waals surface area contributed by atoms with Gasteiger partial charge in [-0.05, 0) is 55.0 Å². The predicted molar refractivity (Wildman–Crippen MR) is 133 cm³/mol. The maximum Gasteiger partial charge on any atom is 0.279 e. The molecule has 1 aliphatic heterocycles. The summed E-state index contributed by atoms with van der Waals surface area (Å²) in [6, 6.07) is 17.0. The summed E-state index contributed by atoms with van der Waals surface area (Å²) in [7, 11) is 2.24. The Labute approximate surface area is 205 Å². The fourth-order valence-electron chi connectivity index (χ4n) is 4.18. The summed E-state index contributed by atoms with van der Waals surface area (Å²) in [6.07, 6.45) is 0.324. The van der Waals surface area contributed by atoms with E-state index in [9.17, 15) is 8.42 Å². The topological polar surface area (TPSA) is 86.7 Å². The Morgan fingerprint density at radius 2 is 1.51 bits per heavy atom. The minimum atomic E-state index is -3.99. The molecule has 0 unspecified atom stereocenters. The number of aryl methyl sites for hydroxylation is 1. The lowest BCUT2D eigenvalue weighted by Gasteiger charge is -2.25. The van der Waals surface area contributed by atoms with E-state index in [1.165, 1.54) is 4.41 Å². The molecule has 4 rings (SSSR count). The Bertz CT molecular complexity index is 1370. The normalized spacial score (nSPS) is 15.5. The van der Waals surface area contributed by atoms with Gasteiger partial charge in [0.1, 0.15) is 11.5 Å². The molecule has 0 aliphatic carbocycles. The lowest BCUT2D eigenvalue weighted by Crippen LogP contribution is -2.28. The van der Waals surface area contributed by atoms with E-state index in [1.807, 2.05) is 6.07 Å². The molecule has 1 aliphatic rings. The smallest absolute Gasteiger partial charge is 0.279 e. The highest BCUT2D eigenvalue weighted by Gasteiger charge is 2.40. The summed E-state index contributed by atoms with van der Waals surface area (Å²) in [6.45, 7) is 1.77. The molecule has 0 saturated carbocycles. The van der Waals surface area contributed by atoms with Gasteiger partial charge in [0, 0.05) is 17.5 Å². The zero-order chi connectivity index (χ0) is 25.2. The summed E-state index contributed by atoms with van der Waals surface area (Å²) in [5.74, 6) is 2.24. The Morgan fingerprint density at radius 1 is 0.829 bits per heavy atom. The fraction of sp³-hybridized carbons (Fsp3) is 0.269. The van der Waals surface area contributed by atoms with E-state index in [1.54, 1.807) is 90.0 Å². The van der Waals surface area contributed by atoms with E-state index in [0.29, 0.717) is 46.3 Å². The molecule has 3 aromatic carbocycles. The Kier molecular flexibility index (Phi) is 6.88. The van der Waals surface area contributed by atoms with Crippen molar-refractivity contribution in [3.05, 3.63) is 77.4 Å². The van der Waals surface area contributed by atoms with Crippen molar-refractivity contribution in [3.8, 4) is 23.0 Å². The van der Waals surface area contributed by atoms with Gasteiger partial charge in [0.15, 0.2) is 11.5 Å². The summed E-state index contributed by atoms with van der Waals surface area (Å²) >= 11 is 0. The third kappa shape index (κ3) is 4.51. The van der Waals surface area contributed by atoms with Gasteiger partial charge < -0.3 is 18.9 Å². The van der Waals surface area contributed by atoms with Crippen molar-refractivity contribution in [2.45, 2.75) is 24.3 Å². The predicted octanol–water partition coefficient (Wildman–Crippen LogP) is 4.57. The molecular weight excluding hydrogens is 468 g/mol. The number of sulfonamides is 1. The van der Waals surface area contributed by atoms with Crippen LogP contribution in [0.2, 0.25) is 0 Å². The first-order valence-electron chi connectivity index (χ1n) is 11.0. The van der Waals surface area contributed by atoms with E-state index >= 15 is 0 Å². The number of hydrogen-bond donors (Lipinski definition) is 0. The summed E-state index contributed by atoms with van der Waals surface area (Å²) in [4.78, 5) is 0.198. The molecule has 184 valence electrons. The number of benzene rings is 3. The van der Waals surface area contributed by atoms with Crippen LogP contribution in [0.4, 0.5) is 0 Å². The molecule has 0 fully saturated rings. The minimum absolute atomic E-state index is 0.198. The van der Waals surface area contributed by atoms with Crippen LogP contribution in [-0.2, 0) is 10.0 Å². The molecule has 3 aromatic rings. The molecule has 0 radical (unpaired) electrons. The van der Waals surface area contributed by atoms with Crippen molar-refractivity contribution in [1.29, 1.82) is 0 Å². The van der Waals surface area contributed by atoms with Crippen LogP contribution >= 0.6 is 0 Å². The number of hydrogen-bond acceptors (Lipinski definition) is 7. The molecule has 0 saturated heterocycles. The van der Waals surface area contributed by atoms with Crippen LogP contribution in [0.3, 0.4) is 0 Å². The van der Waals surface area contributed by atoms with Crippen molar-refractivity contribution in [3.63, 3.8) is 0 Å². The van der Waals surface area contributed by atoms with Gasteiger partial charge in [-0.25, -0.2) is 0 Å². The minimum Gasteiger partial charge on any atom is -0.497 e. The van der Waals surface area contributed by atoms with Gasteiger partial charge in [-0.3, -0.25) is 0 Å². The van der Waals surface area contributed by atoms with Crippen LogP contribution in [0.5, 0.6) is 23.0 Å². The standard InChI is InChI=1S/C26H28N2O6S/c1-17-8-6-7-9-26(17)35(29,30)28-22(20-15-19(31-2)11-13-23(20)32-3)16-21(27-28)18-10-12-24(33-4)25(14-18)34-5/h6-15,22H,16H2,1-5H3/t22-/m0/s1. The zero-order valence-electron chi connectivity index (χ0n) is 20.3. The van der Waals surface area contributed by atoms with E-state index in [-0.39, 0.29) is 4.90 Å². The highest BCUT2D eigenvalue weighted by Crippen LogP contribution is 2.43.